The Kier molecular flexibility index (Phi) is 2.54. The topological polar surface area (TPSA) is 24.9 Å². The van der Waals surface area contributed by atoms with E-state index in [-0.39, 0.29) is 0 Å². The minimum absolute atomic E-state index is 0.627. The Morgan fingerprint density at radius 2 is 2.38 bits per heavy atom. The second kappa shape index (κ2) is 3.66. The molecule has 70 valence electrons. The molecule has 0 bridgehead atoms. The first kappa shape index (κ1) is 9.00. The molecule has 2 atom stereocenters. The summed E-state index contributed by atoms with van der Waals surface area (Å²) in [4.78, 5) is 4.25. The first-order valence-corrected chi connectivity index (χ1v) is 5.43. The van der Waals surface area contributed by atoms with Crippen LogP contribution in [0.15, 0.2) is 22.8 Å². The molecule has 1 N–H and O–H groups in total. The van der Waals surface area contributed by atoms with Crippen LogP contribution in [-0.4, -0.2) is 11.0 Å². The lowest BCUT2D eigenvalue weighted by Crippen LogP contribution is -2.36. The molecule has 0 radical (unpaired) electrons. The third kappa shape index (κ3) is 2.02. The van der Waals surface area contributed by atoms with E-state index in [0.29, 0.717) is 6.04 Å². The van der Waals surface area contributed by atoms with E-state index in [1.807, 2.05) is 18.3 Å². The Bertz CT molecular complexity index is 301. The zero-order valence-corrected chi connectivity index (χ0v) is 9.21. The van der Waals surface area contributed by atoms with Crippen LogP contribution in [0.4, 0.5) is 5.82 Å². The van der Waals surface area contributed by atoms with Crippen LogP contribution < -0.4 is 5.32 Å². The zero-order chi connectivity index (χ0) is 9.26. The number of nitrogens with zero attached hydrogens (tertiary/aromatic N) is 1. The number of halogens is 1. The number of hydrogen-bond donors (Lipinski definition) is 1. The van der Waals surface area contributed by atoms with Crippen molar-refractivity contribution in [1.29, 1.82) is 0 Å². The van der Waals surface area contributed by atoms with Gasteiger partial charge in [-0.2, -0.15) is 0 Å². The Balaban J connectivity index is 2.01. The fourth-order valence-corrected chi connectivity index (χ4v) is 1.89. The monoisotopic (exact) mass is 240 g/mol. The highest BCUT2D eigenvalue weighted by atomic mass is 79.9. The van der Waals surface area contributed by atoms with Crippen LogP contribution >= 0.6 is 15.9 Å². The van der Waals surface area contributed by atoms with E-state index < -0.39 is 0 Å². The van der Waals surface area contributed by atoms with Crippen molar-refractivity contribution in [3.63, 3.8) is 0 Å². The summed E-state index contributed by atoms with van der Waals surface area (Å²) in [6, 6.07) is 4.59. The van der Waals surface area contributed by atoms with Crippen molar-refractivity contribution in [3.8, 4) is 0 Å². The fraction of sp³-hybridized carbons (Fsp3) is 0.500. The summed E-state index contributed by atoms with van der Waals surface area (Å²) in [5.41, 5.74) is 0. The summed E-state index contributed by atoms with van der Waals surface area (Å²) >= 11 is 3.43. The highest BCUT2D eigenvalue weighted by molar-refractivity contribution is 9.10. The molecule has 1 aromatic heterocycles. The maximum absolute atomic E-state index is 4.25. The van der Waals surface area contributed by atoms with Gasteiger partial charge in [-0.15, -0.1) is 0 Å². The summed E-state index contributed by atoms with van der Waals surface area (Å²) in [7, 11) is 0. The van der Waals surface area contributed by atoms with Crippen molar-refractivity contribution in [2.24, 2.45) is 5.92 Å². The van der Waals surface area contributed by atoms with Gasteiger partial charge >= 0.3 is 0 Å². The summed E-state index contributed by atoms with van der Waals surface area (Å²) < 4.78 is 1.08. The van der Waals surface area contributed by atoms with Crippen molar-refractivity contribution in [2.75, 3.05) is 5.32 Å². The largest absolute Gasteiger partial charge is 0.367 e. The quantitative estimate of drug-likeness (QED) is 0.860. The van der Waals surface area contributed by atoms with E-state index in [2.05, 4.69) is 33.2 Å². The molecule has 13 heavy (non-hydrogen) atoms. The average Bonchev–Trinajstić information content (AvgIpc) is 2.12. The van der Waals surface area contributed by atoms with Crippen LogP contribution in [-0.2, 0) is 0 Å². The highest BCUT2D eigenvalue weighted by Gasteiger charge is 2.26. The summed E-state index contributed by atoms with van der Waals surface area (Å²) in [6.45, 7) is 2.28. The molecule has 2 nitrogen and oxygen atoms in total. The molecule has 1 aliphatic carbocycles. The number of aromatic nitrogens is 1. The molecule has 1 aromatic rings. The third-order valence-corrected chi connectivity index (χ3v) is 3.17. The van der Waals surface area contributed by atoms with Gasteiger partial charge in [-0.25, -0.2) is 4.98 Å². The lowest BCUT2D eigenvalue weighted by molar-refractivity contribution is 0.303. The SMILES string of the molecule is CC1CCC1Nc1cc(Br)ccn1. The minimum Gasteiger partial charge on any atom is -0.367 e. The van der Waals surface area contributed by atoms with Crippen LogP contribution in [0.25, 0.3) is 0 Å². The van der Waals surface area contributed by atoms with Gasteiger partial charge in [-0.1, -0.05) is 22.9 Å². The van der Waals surface area contributed by atoms with Gasteiger partial charge in [0, 0.05) is 16.7 Å². The predicted molar refractivity (Wildman–Crippen MR) is 57.7 cm³/mol. The van der Waals surface area contributed by atoms with Crippen molar-refractivity contribution >= 4 is 21.7 Å². The molecule has 0 saturated heterocycles. The van der Waals surface area contributed by atoms with Gasteiger partial charge in [0.15, 0.2) is 0 Å². The Hall–Kier alpha value is -0.570. The zero-order valence-electron chi connectivity index (χ0n) is 7.63. The normalized spacial score (nSPS) is 26.6. The van der Waals surface area contributed by atoms with Gasteiger partial charge in [0.1, 0.15) is 5.82 Å². The smallest absolute Gasteiger partial charge is 0.127 e. The van der Waals surface area contributed by atoms with Crippen molar-refractivity contribution < 1.29 is 0 Å². The van der Waals surface area contributed by atoms with Gasteiger partial charge in [-0.3, -0.25) is 0 Å². The van der Waals surface area contributed by atoms with E-state index >= 15 is 0 Å². The Morgan fingerprint density at radius 3 is 2.92 bits per heavy atom. The van der Waals surface area contributed by atoms with Gasteiger partial charge < -0.3 is 5.32 Å². The molecule has 0 amide bonds. The van der Waals surface area contributed by atoms with Gasteiger partial charge in [0.25, 0.3) is 0 Å². The summed E-state index contributed by atoms with van der Waals surface area (Å²) in [5.74, 6) is 1.77. The van der Waals surface area contributed by atoms with Crippen LogP contribution in [0.2, 0.25) is 0 Å². The molecule has 0 aliphatic heterocycles. The van der Waals surface area contributed by atoms with Crippen molar-refractivity contribution in [2.45, 2.75) is 25.8 Å². The Labute approximate surface area is 86.9 Å². The molecule has 2 unspecified atom stereocenters. The van der Waals surface area contributed by atoms with Crippen LogP contribution in [0.3, 0.4) is 0 Å². The van der Waals surface area contributed by atoms with Crippen LogP contribution in [0, 0.1) is 5.92 Å². The molecule has 0 aromatic carbocycles. The first-order chi connectivity index (χ1) is 6.25. The molecular formula is C10H13BrN2. The molecule has 1 fully saturated rings. The number of pyridine rings is 1. The molecule has 0 spiro atoms. The average molecular weight is 241 g/mol. The van der Waals surface area contributed by atoms with Crippen molar-refractivity contribution in [1.82, 2.24) is 4.98 Å². The molecule has 1 aliphatic rings. The molecule has 1 saturated carbocycles. The summed E-state index contributed by atoms with van der Waals surface area (Å²) in [6.07, 6.45) is 4.43. The number of nitrogens with one attached hydrogen (secondary N) is 1. The number of anilines is 1. The summed E-state index contributed by atoms with van der Waals surface area (Å²) in [5, 5.41) is 3.43. The lowest BCUT2D eigenvalue weighted by Gasteiger charge is -2.34. The van der Waals surface area contributed by atoms with Gasteiger partial charge in [0.2, 0.25) is 0 Å². The maximum Gasteiger partial charge on any atom is 0.127 e. The van der Waals surface area contributed by atoms with E-state index in [1.165, 1.54) is 12.8 Å². The Morgan fingerprint density at radius 1 is 1.54 bits per heavy atom. The van der Waals surface area contributed by atoms with Gasteiger partial charge in [0.05, 0.1) is 0 Å². The van der Waals surface area contributed by atoms with Crippen LogP contribution in [0.1, 0.15) is 19.8 Å². The van der Waals surface area contributed by atoms with E-state index in [0.717, 1.165) is 16.2 Å². The molecular weight excluding hydrogens is 228 g/mol. The predicted octanol–water partition coefficient (Wildman–Crippen LogP) is 3.05. The molecule has 1 heterocycles. The van der Waals surface area contributed by atoms with E-state index in [1.54, 1.807) is 0 Å². The third-order valence-electron chi connectivity index (χ3n) is 2.68. The second-order valence-electron chi connectivity index (χ2n) is 3.66. The molecule has 2 rings (SSSR count). The molecule has 3 heteroatoms. The van der Waals surface area contributed by atoms with Crippen LogP contribution in [0.5, 0.6) is 0 Å². The number of hydrogen-bond acceptors (Lipinski definition) is 2. The second-order valence-corrected chi connectivity index (χ2v) is 4.58. The fourth-order valence-electron chi connectivity index (χ4n) is 1.55. The van der Waals surface area contributed by atoms with Crippen molar-refractivity contribution in [3.05, 3.63) is 22.8 Å². The van der Waals surface area contributed by atoms with E-state index in [4.69, 9.17) is 0 Å². The highest BCUT2D eigenvalue weighted by Crippen LogP contribution is 2.29. The van der Waals surface area contributed by atoms with E-state index in [9.17, 15) is 0 Å². The first-order valence-electron chi connectivity index (χ1n) is 4.64. The maximum atomic E-state index is 4.25. The standard InChI is InChI=1S/C10H13BrN2/c1-7-2-3-9(7)13-10-6-8(11)4-5-12-10/h4-7,9H,2-3H2,1H3,(H,12,13). The van der Waals surface area contributed by atoms with Gasteiger partial charge in [-0.05, 0) is 30.9 Å². The number of rotatable bonds is 2. The minimum atomic E-state index is 0.627. The lowest BCUT2D eigenvalue weighted by atomic mass is 9.81.